The molecule has 0 saturated carbocycles. The summed E-state index contributed by atoms with van der Waals surface area (Å²) >= 11 is 0. The van der Waals surface area contributed by atoms with Gasteiger partial charge >= 0.3 is 0 Å². The van der Waals surface area contributed by atoms with Crippen LogP contribution in [0.5, 0.6) is 0 Å². The molecule has 0 atom stereocenters. The van der Waals surface area contributed by atoms with Crippen molar-refractivity contribution in [3.63, 3.8) is 0 Å². The number of sulfone groups is 2. The molecule has 7 heteroatoms. The van der Waals surface area contributed by atoms with E-state index in [2.05, 4.69) is 0 Å². The predicted octanol–water partition coefficient (Wildman–Crippen LogP) is 1.11. The van der Waals surface area contributed by atoms with Gasteiger partial charge in [-0.05, 0) is 6.42 Å². The third-order valence-electron chi connectivity index (χ3n) is 2.72. The van der Waals surface area contributed by atoms with Gasteiger partial charge in [-0.1, -0.05) is 30.3 Å². The lowest BCUT2D eigenvalue weighted by molar-refractivity contribution is 0.0982. The number of hydrogen-bond acceptors (Lipinski definition) is 5. The average molecular weight is 318 g/mol. The molecule has 0 fully saturated rings. The number of carbonyl (C=O) groups excluding carboxylic acids is 1. The number of rotatable bonds is 8. The Bertz CT molecular complexity index is 645. The third-order valence-corrected chi connectivity index (χ3v) is 5.66. The Hall–Kier alpha value is -1.21. The Balaban J connectivity index is 2.42. The number of Topliss-reactive ketones (excluding diaryl/α,β-unsaturated/α-hetero) is 1. The maximum Gasteiger partial charge on any atom is 0.162 e. The Morgan fingerprint density at radius 2 is 1.55 bits per heavy atom. The largest absolute Gasteiger partial charge is 0.294 e. The first-order valence-corrected chi connectivity index (χ1v) is 10.0. The summed E-state index contributed by atoms with van der Waals surface area (Å²) in [4.78, 5) is 11.8. The van der Waals surface area contributed by atoms with E-state index in [1.165, 1.54) is 0 Å². The molecule has 0 amide bonds. The molecular weight excluding hydrogens is 300 g/mol. The maximum atomic E-state index is 11.8. The lowest BCUT2D eigenvalue weighted by Crippen LogP contribution is -2.19. The fraction of sp³-hybridized carbons (Fsp3) is 0.462. The molecule has 0 aliphatic carbocycles. The van der Waals surface area contributed by atoms with Gasteiger partial charge in [0.15, 0.2) is 15.6 Å². The van der Waals surface area contributed by atoms with Crippen LogP contribution in [-0.2, 0) is 19.7 Å². The minimum atomic E-state index is -3.42. The lowest BCUT2D eigenvalue weighted by atomic mass is 10.1. The van der Waals surface area contributed by atoms with E-state index in [0.29, 0.717) is 5.56 Å². The molecule has 1 rings (SSSR count). The summed E-state index contributed by atoms with van der Waals surface area (Å²) < 4.78 is 45.1. The van der Waals surface area contributed by atoms with Gasteiger partial charge in [0.05, 0.1) is 17.3 Å². The van der Waals surface area contributed by atoms with E-state index < -0.39 is 19.7 Å². The van der Waals surface area contributed by atoms with E-state index in [0.717, 1.165) is 6.26 Å². The number of benzene rings is 1. The summed E-state index contributed by atoms with van der Waals surface area (Å²) in [7, 11) is -6.71. The quantitative estimate of drug-likeness (QED) is 0.670. The standard InChI is InChI=1S/C13H18O5S2/c1-19(15,16)10-11-20(17,18)9-5-8-13(14)12-6-3-2-4-7-12/h2-4,6-7H,5,8-11H2,1H3. The normalized spacial score (nSPS) is 12.2. The summed E-state index contributed by atoms with van der Waals surface area (Å²) in [6, 6.07) is 8.65. The van der Waals surface area contributed by atoms with E-state index in [-0.39, 0.29) is 35.9 Å². The lowest BCUT2D eigenvalue weighted by Gasteiger charge is -2.04. The van der Waals surface area contributed by atoms with Crippen LogP contribution < -0.4 is 0 Å². The summed E-state index contributed by atoms with van der Waals surface area (Å²) in [6.07, 6.45) is 1.35. The number of hydrogen-bond donors (Lipinski definition) is 0. The van der Waals surface area contributed by atoms with E-state index in [1.807, 2.05) is 0 Å². The second-order valence-electron chi connectivity index (χ2n) is 4.67. The minimum absolute atomic E-state index is 0.107. The van der Waals surface area contributed by atoms with Crippen LogP contribution in [-0.4, -0.2) is 46.1 Å². The minimum Gasteiger partial charge on any atom is -0.294 e. The third kappa shape index (κ3) is 6.81. The molecule has 1 aromatic rings. The van der Waals surface area contributed by atoms with Crippen LogP contribution in [0.1, 0.15) is 23.2 Å². The van der Waals surface area contributed by atoms with E-state index in [1.54, 1.807) is 30.3 Å². The molecule has 20 heavy (non-hydrogen) atoms. The molecule has 0 aromatic heterocycles. The van der Waals surface area contributed by atoms with Gasteiger partial charge in [0.25, 0.3) is 0 Å². The smallest absolute Gasteiger partial charge is 0.162 e. The Morgan fingerprint density at radius 3 is 2.10 bits per heavy atom. The monoisotopic (exact) mass is 318 g/mol. The first-order valence-electron chi connectivity index (χ1n) is 6.16. The van der Waals surface area contributed by atoms with Crippen molar-refractivity contribution in [1.29, 1.82) is 0 Å². The molecule has 0 heterocycles. The van der Waals surface area contributed by atoms with Crippen molar-refractivity contribution >= 4 is 25.5 Å². The van der Waals surface area contributed by atoms with Gasteiger partial charge in [-0.15, -0.1) is 0 Å². The highest BCUT2D eigenvalue weighted by Crippen LogP contribution is 2.07. The molecule has 1 aromatic carbocycles. The van der Waals surface area contributed by atoms with Crippen molar-refractivity contribution in [3.8, 4) is 0 Å². The summed E-state index contributed by atoms with van der Waals surface area (Å²) in [5.74, 6) is -1.03. The summed E-state index contributed by atoms with van der Waals surface area (Å²) in [6.45, 7) is 0. The molecule has 0 aliphatic heterocycles. The van der Waals surface area contributed by atoms with Crippen LogP contribution >= 0.6 is 0 Å². The Kier molecular flexibility index (Phi) is 5.88. The zero-order chi connectivity index (χ0) is 15.2. The molecule has 5 nitrogen and oxygen atoms in total. The zero-order valence-corrected chi connectivity index (χ0v) is 12.9. The first-order chi connectivity index (χ1) is 9.20. The molecule has 0 bridgehead atoms. The Morgan fingerprint density at radius 1 is 0.950 bits per heavy atom. The van der Waals surface area contributed by atoms with Crippen molar-refractivity contribution in [3.05, 3.63) is 35.9 Å². The fourth-order valence-corrected chi connectivity index (χ4v) is 4.62. The molecule has 0 spiro atoms. The van der Waals surface area contributed by atoms with E-state index >= 15 is 0 Å². The second kappa shape index (κ2) is 6.99. The van der Waals surface area contributed by atoms with Crippen LogP contribution in [0, 0.1) is 0 Å². The summed E-state index contributed by atoms with van der Waals surface area (Å²) in [5.41, 5.74) is 0.557. The molecule has 0 radical (unpaired) electrons. The van der Waals surface area contributed by atoms with Gasteiger partial charge in [-0.2, -0.15) is 0 Å². The molecular formula is C13H18O5S2. The van der Waals surface area contributed by atoms with Gasteiger partial charge in [0.2, 0.25) is 0 Å². The van der Waals surface area contributed by atoms with E-state index in [4.69, 9.17) is 0 Å². The van der Waals surface area contributed by atoms with Crippen molar-refractivity contribution in [2.24, 2.45) is 0 Å². The SMILES string of the molecule is CS(=O)(=O)CCS(=O)(=O)CCCC(=O)c1ccccc1. The second-order valence-corrected chi connectivity index (χ2v) is 9.24. The topological polar surface area (TPSA) is 85.3 Å². The molecule has 0 aliphatic rings. The number of ketones is 1. The number of carbonyl (C=O) groups is 1. The van der Waals surface area contributed by atoms with Crippen LogP contribution in [0.4, 0.5) is 0 Å². The van der Waals surface area contributed by atoms with Gasteiger partial charge in [0, 0.05) is 18.2 Å². The average Bonchev–Trinajstić information content (AvgIpc) is 2.37. The first kappa shape index (κ1) is 16.8. The van der Waals surface area contributed by atoms with Gasteiger partial charge in [-0.25, -0.2) is 16.8 Å². The highest BCUT2D eigenvalue weighted by atomic mass is 32.2. The zero-order valence-electron chi connectivity index (χ0n) is 11.3. The van der Waals surface area contributed by atoms with Crippen LogP contribution in [0.3, 0.4) is 0 Å². The maximum absolute atomic E-state index is 11.8. The highest BCUT2D eigenvalue weighted by Gasteiger charge is 2.15. The van der Waals surface area contributed by atoms with Crippen LogP contribution in [0.25, 0.3) is 0 Å². The van der Waals surface area contributed by atoms with Crippen molar-refractivity contribution in [2.75, 3.05) is 23.5 Å². The molecule has 0 saturated heterocycles. The van der Waals surface area contributed by atoms with Crippen LogP contribution in [0.15, 0.2) is 30.3 Å². The highest BCUT2D eigenvalue weighted by molar-refractivity contribution is 7.94. The van der Waals surface area contributed by atoms with Crippen molar-refractivity contribution in [2.45, 2.75) is 12.8 Å². The van der Waals surface area contributed by atoms with Gasteiger partial charge in [-0.3, -0.25) is 4.79 Å². The Labute approximate surface area is 119 Å². The molecule has 0 unspecified atom stereocenters. The van der Waals surface area contributed by atoms with Crippen molar-refractivity contribution < 1.29 is 21.6 Å². The fourth-order valence-electron chi connectivity index (χ4n) is 1.60. The van der Waals surface area contributed by atoms with Crippen molar-refractivity contribution in [1.82, 2.24) is 0 Å². The summed E-state index contributed by atoms with van der Waals surface area (Å²) in [5, 5.41) is 0. The molecule has 0 N–H and O–H groups in total. The van der Waals surface area contributed by atoms with Crippen LogP contribution in [0.2, 0.25) is 0 Å². The predicted molar refractivity (Wildman–Crippen MR) is 78.4 cm³/mol. The molecule has 112 valence electrons. The van der Waals surface area contributed by atoms with Gasteiger partial charge < -0.3 is 0 Å². The van der Waals surface area contributed by atoms with E-state index in [9.17, 15) is 21.6 Å². The van der Waals surface area contributed by atoms with Gasteiger partial charge in [0.1, 0.15) is 9.84 Å².